The molecule has 0 spiro atoms. The van der Waals surface area contributed by atoms with Crippen molar-refractivity contribution in [1.29, 1.82) is 0 Å². The molecule has 0 heterocycles. The molecule has 0 saturated heterocycles. The molecule has 19 heavy (non-hydrogen) atoms. The van der Waals surface area contributed by atoms with E-state index in [0.717, 1.165) is 5.56 Å². The maximum absolute atomic E-state index is 10.2. The fourth-order valence-electron chi connectivity index (χ4n) is 1.99. The predicted molar refractivity (Wildman–Crippen MR) is 78.9 cm³/mol. The Hall–Kier alpha value is -1.36. The summed E-state index contributed by atoms with van der Waals surface area (Å²) in [5.41, 5.74) is 7.58. The van der Waals surface area contributed by atoms with Gasteiger partial charge in [0.2, 0.25) is 0 Å². The van der Waals surface area contributed by atoms with Crippen LogP contribution in [0, 0.1) is 0 Å². The Kier molecular flexibility index (Phi) is 4.58. The molecular formula is C15H16BrNO2. The van der Waals surface area contributed by atoms with E-state index < -0.39 is 12.1 Å². The summed E-state index contributed by atoms with van der Waals surface area (Å²) in [5.74, 6) is 0.0853. The zero-order valence-corrected chi connectivity index (χ0v) is 11.9. The third-order valence-corrected chi connectivity index (χ3v) is 3.72. The van der Waals surface area contributed by atoms with E-state index in [1.165, 1.54) is 0 Å². The van der Waals surface area contributed by atoms with Crippen molar-refractivity contribution < 1.29 is 10.2 Å². The Labute approximate surface area is 120 Å². The van der Waals surface area contributed by atoms with Gasteiger partial charge < -0.3 is 15.9 Å². The van der Waals surface area contributed by atoms with Crippen LogP contribution in [-0.2, 0) is 6.42 Å². The number of para-hydroxylation sites is 1. The van der Waals surface area contributed by atoms with Gasteiger partial charge >= 0.3 is 0 Å². The van der Waals surface area contributed by atoms with Gasteiger partial charge in [0.05, 0.1) is 16.6 Å². The largest absolute Gasteiger partial charge is 0.506 e. The van der Waals surface area contributed by atoms with Crippen LogP contribution in [-0.4, -0.2) is 16.3 Å². The maximum Gasteiger partial charge on any atom is 0.134 e. The van der Waals surface area contributed by atoms with Gasteiger partial charge in [0, 0.05) is 12.0 Å². The van der Waals surface area contributed by atoms with Crippen molar-refractivity contribution in [3.8, 4) is 5.75 Å². The third-order valence-electron chi connectivity index (χ3n) is 3.08. The smallest absolute Gasteiger partial charge is 0.134 e. The van der Waals surface area contributed by atoms with E-state index in [1.54, 1.807) is 18.2 Å². The number of aliphatic hydroxyl groups is 1. The lowest BCUT2D eigenvalue weighted by atomic mass is 9.96. The number of hydrogen-bond acceptors (Lipinski definition) is 3. The molecule has 0 aliphatic heterocycles. The van der Waals surface area contributed by atoms with Crippen molar-refractivity contribution in [2.75, 3.05) is 0 Å². The first-order valence-electron chi connectivity index (χ1n) is 6.04. The standard InChI is InChI=1S/C15H16BrNO2/c16-12-8-4-7-11(15(12)19)14(17)13(18)9-10-5-2-1-3-6-10/h1-8,13-14,18-19H,9,17H2/t13-,14+/m0/s1. The number of phenols is 1. The van der Waals surface area contributed by atoms with Gasteiger partial charge in [-0.2, -0.15) is 0 Å². The van der Waals surface area contributed by atoms with Crippen LogP contribution in [0.5, 0.6) is 5.75 Å². The van der Waals surface area contributed by atoms with E-state index in [-0.39, 0.29) is 5.75 Å². The second-order valence-electron chi connectivity index (χ2n) is 4.46. The fraction of sp³-hybridized carbons (Fsp3) is 0.200. The quantitative estimate of drug-likeness (QED) is 0.811. The van der Waals surface area contributed by atoms with Crippen LogP contribution in [0.2, 0.25) is 0 Å². The summed E-state index contributed by atoms with van der Waals surface area (Å²) < 4.78 is 0.576. The minimum atomic E-state index is -0.748. The lowest BCUT2D eigenvalue weighted by Crippen LogP contribution is -2.28. The Morgan fingerprint density at radius 1 is 1.05 bits per heavy atom. The van der Waals surface area contributed by atoms with Crippen LogP contribution < -0.4 is 5.73 Å². The van der Waals surface area contributed by atoms with Gasteiger partial charge in [0.1, 0.15) is 5.75 Å². The van der Waals surface area contributed by atoms with Crippen LogP contribution in [0.4, 0.5) is 0 Å². The number of aliphatic hydroxyl groups excluding tert-OH is 1. The normalized spacial score (nSPS) is 14.1. The topological polar surface area (TPSA) is 66.5 Å². The van der Waals surface area contributed by atoms with E-state index >= 15 is 0 Å². The first-order chi connectivity index (χ1) is 9.09. The lowest BCUT2D eigenvalue weighted by Gasteiger charge is -2.20. The maximum atomic E-state index is 10.2. The fourth-order valence-corrected chi connectivity index (χ4v) is 2.37. The molecule has 2 aromatic carbocycles. The van der Waals surface area contributed by atoms with Gasteiger partial charge in [-0.05, 0) is 27.6 Å². The molecule has 2 rings (SSSR count). The number of benzene rings is 2. The summed E-state index contributed by atoms with van der Waals surface area (Å²) in [6, 6.07) is 14.3. The summed E-state index contributed by atoms with van der Waals surface area (Å²) in [7, 11) is 0. The summed E-state index contributed by atoms with van der Waals surface area (Å²) in [6.07, 6.45) is -0.295. The molecule has 0 unspecified atom stereocenters. The average Bonchev–Trinajstić information content (AvgIpc) is 2.42. The van der Waals surface area contributed by atoms with Crippen molar-refractivity contribution in [1.82, 2.24) is 0 Å². The van der Waals surface area contributed by atoms with Crippen molar-refractivity contribution in [3.63, 3.8) is 0 Å². The van der Waals surface area contributed by atoms with Gasteiger partial charge in [-0.25, -0.2) is 0 Å². The van der Waals surface area contributed by atoms with Gasteiger partial charge in [0.15, 0.2) is 0 Å². The number of aromatic hydroxyl groups is 1. The molecule has 4 heteroatoms. The van der Waals surface area contributed by atoms with Crippen LogP contribution in [0.1, 0.15) is 17.2 Å². The monoisotopic (exact) mass is 321 g/mol. The highest BCUT2D eigenvalue weighted by Gasteiger charge is 2.21. The first kappa shape index (κ1) is 14.1. The third kappa shape index (κ3) is 3.35. The molecule has 0 saturated carbocycles. The summed E-state index contributed by atoms with van der Waals surface area (Å²) in [6.45, 7) is 0. The molecule has 4 N–H and O–H groups in total. The molecule has 0 amide bonds. The van der Waals surface area contributed by atoms with Crippen molar-refractivity contribution in [2.45, 2.75) is 18.6 Å². The molecule has 100 valence electrons. The first-order valence-corrected chi connectivity index (χ1v) is 6.84. The summed E-state index contributed by atoms with van der Waals surface area (Å²) >= 11 is 3.24. The summed E-state index contributed by atoms with van der Waals surface area (Å²) in [5, 5.41) is 20.1. The SMILES string of the molecule is N[C@H](c1cccc(Br)c1O)[C@@H](O)Cc1ccccc1. The predicted octanol–water partition coefficient (Wildman–Crippen LogP) is 2.76. The number of halogens is 1. The van der Waals surface area contributed by atoms with Crippen LogP contribution in [0.15, 0.2) is 53.0 Å². The zero-order valence-electron chi connectivity index (χ0n) is 10.3. The van der Waals surface area contributed by atoms with Gasteiger partial charge in [0.25, 0.3) is 0 Å². The van der Waals surface area contributed by atoms with Gasteiger partial charge in [-0.3, -0.25) is 0 Å². The average molecular weight is 322 g/mol. The molecule has 0 bridgehead atoms. The van der Waals surface area contributed by atoms with Crippen molar-refractivity contribution >= 4 is 15.9 Å². The van der Waals surface area contributed by atoms with Crippen LogP contribution >= 0.6 is 15.9 Å². The Balaban J connectivity index is 2.15. The minimum absolute atomic E-state index is 0.0853. The molecule has 0 aromatic heterocycles. The van der Waals surface area contributed by atoms with Crippen LogP contribution in [0.3, 0.4) is 0 Å². The summed E-state index contributed by atoms with van der Waals surface area (Å²) in [4.78, 5) is 0. The number of nitrogens with two attached hydrogens (primary N) is 1. The van der Waals surface area contributed by atoms with Crippen LogP contribution in [0.25, 0.3) is 0 Å². The molecular weight excluding hydrogens is 306 g/mol. The van der Waals surface area contributed by atoms with Crippen molar-refractivity contribution in [2.24, 2.45) is 5.73 Å². The molecule has 0 radical (unpaired) electrons. The molecule has 0 aliphatic rings. The molecule has 0 fully saturated rings. The Morgan fingerprint density at radius 3 is 2.42 bits per heavy atom. The lowest BCUT2D eigenvalue weighted by molar-refractivity contribution is 0.143. The second-order valence-corrected chi connectivity index (χ2v) is 5.31. The van der Waals surface area contributed by atoms with E-state index in [1.807, 2.05) is 30.3 Å². The van der Waals surface area contributed by atoms with Gasteiger partial charge in [-0.15, -0.1) is 0 Å². The number of hydrogen-bond donors (Lipinski definition) is 3. The molecule has 2 aromatic rings. The van der Waals surface area contributed by atoms with Gasteiger partial charge in [-0.1, -0.05) is 42.5 Å². The molecule has 0 aliphatic carbocycles. The zero-order chi connectivity index (χ0) is 13.8. The van der Waals surface area contributed by atoms with E-state index in [9.17, 15) is 10.2 Å². The van der Waals surface area contributed by atoms with E-state index in [2.05, 4.69) is 15.9 Å². The Morgan fingerprint density at radius 2 is 1.74 bits per heavy atom. The second kappa shape index (κ2) is 6.19. The van der Waals surface area contributed by atoms with Crippen molar-refractivity contribution in [3.05, 3.63) is 64.1 Å². The molecule has 2 atom stereocenters. The number of rotatable bonds is 4. The van der Waals surface area contributed by atoms with E-state index in [0.29, 0.717) is 16.5 Å². The highest BCUT2D eigenvalue weighted by Crippen LogP contribution is 2.32. The molecule has 3 nitrogen and oxygen atoms in total. The highest BCUT2D eigenvalue weighted by atomic mass is 79.9. The van der Waals surface area contributed by atoms with E-state index in [4.69, 9.17) is 5.73 Å². The number of phenolic OH excluding ortho intramolecular Hbond substituents is 1. The Bertz CT molecular complexity index is 545. The highest BCUT2D eigenvalue weighted by molar-refractivity contribution is 9.10. The minimum Gasteiger partial charge on any atom is -0.506 e.